The maximum Gasteiger partial charge on any atom is 0.420 e. The highest BCUT2D eigenvalue weighted by Gasteiger charge is 2.34. The Balaban J connectivity index is 3.18. The number of methoxy groups -OCH3 is 1. The number of rotatable bonds is 2. The number of anilines is 1. The van der Waals surface area contributed by atoms with Crippen molar-refractivity contribution in [1.82, 2.24) is 4.98 Å². The molecule has 0 saturated heterocycles. The van der Waals surface area contributed by atoms with Crippen molar-refractivity contribution in [2.45, 2.75) is 6.18 Å². The first-order valence-corrected chi connectivity index (χ1v) is 3.58. The van der Waals surface area contributed by atoms with Gasteiger partial charge < -0.3 is 10.2 Å². The van der Waals surface area contributed by atoms with Crippen molar-refractivity contribution in [3.05, 3.63) is 17.7 Å². The molecule has 0 fully saturated rings. The van der Waals surface area contributed by atoms with E-state index in [2.05, 4.69) is 9.72 Å². The number of ether oxygens (including phenoxy) is 1. The Kier molecular flexibility index (Phi) is 2.80. The first kappa shape index (κ1) is 10.6. The highest BCUT2D eigenvalue weighted by molar-refractivity contribution is 5.46. The summed E-state index contributed by atoms with van der Waals surface area (Å²) in [4.78, 5) is 3.50. The van der Waals surface area contributed by atoms with Crippen LogP contribution in [0.1, 0.15) is 5.56 Å². The molecule has 0 aliphatic carbocycles. The van der Waals surface area contributed by atoms with Crippen molar-refractivity contribution in [2.75, 3.05) is 12.5 Å². The van der Waals surface area contributed by atoms with Crippen LogP contribution in [-0.2, 0) is 6.18 Å². The molecule has 0 bridgehead atoms. The van der Waals surface area contributed by atoms with E-state index in [9.17, 15) is 13.2 Å². The van der Waals surface area contributed by atoms with Crippen LogP contribution in [-0.4, -0.2) is 12.1 Å². The van der Waals surface area contributed by atoms with Gasteiger partial charge in [-0.15, -0.1) is 0 Å². The number of nitrogens with one attached hydrogen (secondary N) is 1. The van der Waals surface area contributed by atoms with Crippen molar-refractivity contribution >= 4 is 5.82 Å². The molecule has 0 aliphatic rings. The van der Waals surface area contributed by atoms with Crippen LogP contribution in [0.5, 0.6) is 5.88 Å². The molecule has 1 aromatic heterocycles. The van der Waals surface area contributed by atoms with Gasteiger partial charge in [-0.25, -0.2) is 5.84 Å². The van der Waals surface area contributed by atoms with Crippen molar-refractivity contribution in [3.8, 4) is 5.88 Å². The third-order valence-corrected chi connectivity index (χ3v) is 1.52. The number of nitrogens with two attached hydrogens (primary N) is 1. The number of hydrazine groups is 1. The van der Waals surface area contributed by atoms with Crippen LogP contribution >= 0.6 is 0 Å². The van der Waals surface area contributed by atoms with E-state index < -0.39 is 17.6 Å². The molecule has 3 N–H and O–H groups in total. The smallest absolute Gasteiger partial charge is 0.420 e. The lowest BCUT2D eigenvalue weighted by Crippen LogP contribution is -2.16. The summed E-state index contributed by atoms with van der Waals surface area (Å²) in [6, 6.07) is 1.96. The fraction of sp³-hybridized carbons (Fsp3) is 0.286. The first-order chi connectivity index (χ1) is 6.49. The second-order valence-corrected chi connectivity index (χ2v) is 2.39. The van der Waals surface area contributed by atoms with Crippen molar-refractivity contribution < 1.29 is 17.9 Å². The molecule has 0 radical (unpaired) electrons. The van der Waals surface area contributed by atoms with Crippen LogP contribution in [0.4, 0.5) is 19.0 Å². The van der Waals surface area contributed by atoms with Crippen LogP contribution < -0.4 is 16.0 Å². The van der Waals surface area contributed by atoms with Gasteiger partial charge in [-0.05, 0) is 6.07 Å². The minimum atomic E-state index is -4.49. The Bertz CT molecular complexity index is 326. The Morgan fingerprint density at radius 2 is 2.07 bits per heavy atom. The Hall–Kier alpha value is -1.50. The van der Waals surface area contributed by atoms with E-state index in [1.807, 2.05) is 5.43 Å². The van der Waals surface area contributed by atoms with Crippen LogP contribution in [0.15, 0.2) is 12.1 Å². The summed E-state index contributed by atoms with van der Waals surface area (Å²) in [5.41, 5.74) is 0.936. The number of halogens is 3. The second kappa shape index (κ2) is 3.70. The van der Waals surface area contributed by atoms with Gasteiger partial charge in [0.15, 0.2) is 5.82 Å². The molecule has 1 aromatic rings. The number of aromatic nitrogens is 1. The summed E-state index contributed by atoms with van der Waals surface area (Å²) in [6.45, 7) is 0. The van der Waals surface area contributed by atoms with Crippen LogP contribution in [0.25, 0.3) is 0 Å². The number of hydrogen-bond donors (Lipinski definition) is 2. The highest BCUT2D eigenvalue weighted by atomic mass is 19.4. The van der Waals surface area contributed by atoms with Gasteiger partial charge in [0, 0.05) is 6.07 Å². The number of alkyl halides is 3. The predicted octanol–water partition coefficient (Wildman–Crippen LogP) is 1.39. The molecular formula is C7H8F3N3O. The van der Waals surface area contributed by atoms with Crippen LogP contribution in [0.2, 0.25) is 0 Å². The summed E-state index contributed by atoms with van der Waals surface area (Å²) < 4.78 is 41.5. The van der Waals surface area contributed by atoms with E-state index >= 15 is 0 Å². The van der Waals surface area contributed by atoms with Gasteiger partial charge in [0.2, 0.25) is 5.88 Å². The lowest BCUT2D eigenvalue weighted by molar-refractivity contribution is -0.137. The summed E-state index contributed by atoms with van der Waals surface area (Å²) >= 11 is 0. The molecule has 0 aromatic carbocycles. The number of nitrogens with zero attached hydrogens (tertiary/aromatic N) is 1. The first-order valence-electron chi connectivity index (χ1n) is 3.58. The molecule has 1 heterocycles. The van der Waals surface area contributed by atoms with E-state index in [1.54, 1.807) is 0 Å². The summed E-state index contributed by atoms with van der Waals surface area (Å²) in [7, 11) is 1.30. The predicted molar refractivity (Wildman–Crippen MR) is 43.6 cm³/mol. The van der Waals surface area contributed by atoms with Crippen LogP contribution in [0, 0.1) is 0 Å². The average molecular weight is 207 g/mol. The molecule has 78 valence electrons. The van der Waals surface area contributed by atoms with E-state index in [0.717, 1.165) is 12.1 Å². The fourth-order valence-electron chi connectivity index (χ4n) is 0.894. The zero-order chi connectivity index (χ0) is 10.8. The fourth-order valence-corrected chi connectivity index (χ4v) is 0.894. The highest BCUT2D eigenvalue weighted by Crippen LogP contribution is 2.34. The van der Waals surface area contributed by atoms with Crippen molar-refractivity contribution in [3.63, 3.8) is 0 Å². The Morgan fingerprint density at radius 3 is 2.50 bits per heavy atom. The van der Waals surface area contributed by atoms with Gasteiger partial charge in [0.1, 0.15) is 0 Å². The summed E-state index contributed by atoms with van der Waals surface area (Å²) in [5.74, 6) is 4.50. The molecule has 7 heteroatoms. The lowest BCUT2D eigenvalue weighted by Gasteiger charge is -2.11. The van der Waals surface area contributed by atoms with E-state index in [4.69, 9.17) is 5.84 Å². The quantitative estimate of drug-likeness (QED) is 0.568. The molecule has 4 nitrogen and oxygen atoms in total. The summed E-state index contributed by atoms with van der Waals surface area (Å²) in [5, 5.41) is 0. The molecule has 0 amide bonds. The van der Waals surface area contributed by atoms with E-state index in [-0.39, 0.29) is 5.88 Å². The molecule has 0 spiro atoms. The van der Waals surface area contributed by atoms with Gasteiger partial charge in [0.05, 0.1) is 12.7 Å². The SMILES string of the molecule is COc1ccc(C(F)(F)F)c(NN)n1. The molecule has 0 saturated carbocycles. The molecule has 1 rings (SSSR count). The van der Waals surface area contributed by atoms with E-state index in [1.165, 1.54) is 7.11 Å². The standard InChI is InChI=1S/C7H8F3N3O/c1-14-5-3-2-4(7(8,9)10)6(12-5)13-11/h2-3H,11H2,1H3,(H,12,13). The number of hydrogen-bond acceptors (Lipinski definition) is 4. The third kappa shape index (κ3) is 2.05. The topological polar surface area (TPSA) is 60.2 Å². The van der Waals surface area contributed by atoms with Crippen LogP contribution in [0.3, 0.4) is 0 Å². The Labute approximate surface area is 77.9 Å². The van der Waals surface area contributed by atoms with Gasteiger partial charge in [0.25, 0.3) is 0 Å². The minimum absolute atomic E-state index is 0.0611. The number of pyridine rings is 1. The van der Waals surface area contributed by atoms with Crippen molar-refractivity contribution in [1.29, 1.82) is 0 Å². The zero-order valence-electron chi connectivity index (χ0n) is 7.22. The van der Waals surface area contributed by atoms with Gasteiger partial charge in [-0.1, -0.05) is 0 Å². The van der Waals surface area contributed by atoms with Gasteiger partial charge >= 0.3 is 6.18 Å². The number of nitrogen functional groups attached to an aromatic ring is 1. The minimum Gasteiger partial charge on any atom is -0.481 e. The normalized spacial score (nSPS) is 11.2. The average Bonchev–Trinajstić information content (AvgIpc) is 2.15. The molecular weight excluding hydrogens is 199 g/mol. The van der Waals surface area contributed by atoms with Crippen molar-refractivity contribution in [2.24, 2.45) is 5.84 Å². The summed E-state index contributed by atoms with van der Waals surface area (Å²) in [6.07, 6.45) is -4.49. The van der Waals surface area contributed by atoms with E-state index in [0.29, 0.717) is 0 Å². The second-order valence-electron chi connectivity index (χ2n) is 2.39. The third-order valence-electron chi connectivity index (χ3n) is 1.52. The maximum absolute atomic E-state index is 12.3. The monoisotopic (exact) mass is 207 g/mol. The lowest BCUT2D eigenvalue weighted by atomic mass is 10.2. The largest absolute Gasteiger partial charge is 0.481 e. The zero-order valence-corrected chi connectivity index (χ0v) is 7.22. The van der Waals surface area contributed by atoms with Gasteiger partial charge in [-0.2, -0.15) is 18.2 Å². The van der Waals surface area contributed by atoms with Gasteiger partial charge in [-0.3, -0.25) is 0 Å². The molecule has 0 atom stereocenters. The maximum atomic E-state index is 12.3. The molecule has 14 heavy (non-hydrogen) atoms. The molecule has 0 aliphatic heterocycles. The Morgan fingerprint density at radius 1 is 1.43 bits per heavy atom. The molecule has 0 unspecified atom stereocenters.